The third kappa shape index (κ3) is 2.42. The summed E-state index contributed by atoms with van der Waals surface area (Å²) in [5.74, 6) is -0.0677. The Bertz CT molecular complexity index is 625. The summed E-state index contributed by atoms with van der Waals surface area (Å²) in [6, 6.07) is 10.4. The number of nitrogens with two attached hydrogens (primary N) is 1. The van der Waals surface area contributed by atoms with Crippen molar-refractivity contribution in [3.05, 3.63) is 62.6 Å². The molecule has 0 atom stereocenters. The number of halogens is 2. The van der Waals surface area contributed by atoms with Gasteiger partial charge in [-0.05, 0) is 52.7 Å². The standard InChI is InChI=1S/C14H11BrClNO/c1-8-10(3-2-4-13(8)16)14(18)11-6-5-9(17)7-12(11)15/h2-7H,17H2,1H3. The molecule has 18 heavy (non-hydrogen) atoms. The third-order valence-electron chi connectivity index (χ3n) is 2.75. The molecule has 92 valence electrons. The first kappa shape index (κ1) is 13.1. The van der Waals surface area contributed by atoms with E-state index in [1.807, 2.05) is 6.92 Å². The van der Waals surface area contributed by atoms with Crippen molar-refractivity contribution in [2.24, 2.45) is 0 Å². The average Bonchev–Trinajstić information content (AvgIpc) is 2.32. The molecule has 2 aromatic rings. The quantitative estimate of drug-likeness (QED) is 0.664. The Hall–Kier alpha value is -1.32. The van der Waals surface area contributed by atoms with Gasteiger partial charge >= 0.3 is 0 Å². The number of carbonyl (C=O) groups excluding carboxylic acids is 1. The van der Waals surface area contributed by atoms with Crippen molar-refractivity contribution in [3.8, 4) is 0 Å². The van der Waals surface area contributed by atoms with E-state index in [4.69, 9.17) is 17.3 Å². The molecule has 0 fully saturated rings. The number of anilines is 1. The molecule has 0 bridgehead atoms. The van der Waals surface area contributed by atoms with Gasteiger partial charge in [-0.2, -0.15) is 0 Å². The summed E-state index contributed by atoms with van der Waals surface area (Å²) in [6.45, 7) is 1.83. The van der Waals surface area contributed by atoms with Gasteiger partial charge in [0.25, 0.3) is 0 Å². The van der Waals surface area contributed by atoms with E-state index in [0.717, 1.165) is 5.56 Å². The van der Waals surface area contributed by atoms with Gasteiger partial charge in [-0.1, -0.05) is 23.7 Å². The van der Waals surface area contributed by atoms with Crippen LogP contribution in [0.1, 0.15) is 21.5 Å². The fourth-order valence-electron chi connectivity index (χ4n) is 1.71. The highest BCUT2D eigenvalue weighted by Crippen LogP contribution is 2.26. The monoisotopic (exact) mass is 323 g/mol. The Morgan fingerprint density at radius 2 is 1.94 bits per heavy atom. The predicted octanol–water partition coefficient (Wildman–Crippen LogP) is 4.22. The van der Waals surface area contributed by atoms with E-state index in [9.17, 15) is 4.79 Å². The van der Waals surface area contributed by atoms with Gasteiger partial charge in [0.1, 0.15) is 0 Å². The lowest BCUT2D eigenvalue weighted by molar-refractivity contribution is 0.103. The molecule has 2 nitrogen and oxygen atoms in total. The fourth-order valence-corrected chi connectivity index (χ4v) is 2.47. The van der Waals surface area contributed by atoms with Crippen molar-refractivity contribution in [3.63, 3.8) is 0 Å². The largest absolute Gasteiger partial charge is 0.399 e. The Balaban J connectivity index is 2.51. The zero-order chi connectivity index (χ0) is 13.3. The summed E-state index contributed by atoms with van der Waals surface area (Å²) in [5, 5.41) is 0.590. The van der Waals surface area contributed by atoms with Crippen molar-refractivity contribution in [1.82, 2.24) is 0 Å². The number of rotatable bonds is 2. The van der Waals surface area contributed by atoms with Crippen LogP contribution in [0.25, 0.3) is 0 Å². The zero-order valence-corrected chi connectivity index (χ0v) is 12.0. The third-order valence-corrected chi connectivity index (χ3v) is 3.82. The topological polar surface area (TPSA) is 43.1 Å². The molecule has 2 rings (SSSR count). The lowest BCUT2D eigenvalue weighted by Gasteiger charge is -2.08. The molecule has 2 N–H and O–H groups in total. The van der Waals surface area contributed by atoms with Crippen LogP contribution in [0, 0.1) is 6.92 Å². The van der Waals surface area contributed by atoms with Gasteiger partial charge in [-0.25, -0.2) is 0 Å². The average molecular weight is 325 g/mol. The smallest absolute Gasteiger partial charge is 0.194 e. The van der Waals surface area contributed by atoms with Crippen LogP contribution in [-0.2, 0) is 0 Å². The molecule has 0 saturated carbocycles. The SMILES string of the molecule is Cc1c(Cl)cccc1C(=O)c1ccc(N)cc1Br. The van der Waals surface area contributed by atoms with Crippen molar-refractivity contribution in [1.29, 1.82) is 0 Å². The molecule has 0 saturated heterocycles. The maximum absolute atomic E-state index is 12.4. The number of hydrogen-bond acceptors (Lipinski definition) is 2. The first-order valence-corrected chi connectivity index (χ1v) is 6.52. The minimum Gasteiger partial charge on any atom is -0.399 e. The lowest BCUT2D eigenvalue weighted by atomic mass is 9.99. The van der Waals surface area contributed by atoms with Crippen molar-refractivity contribution in [2.75, 3.05) is 5.73 Å². The molecular formula is C14H11BrClNO. The molecule has 0 spiro atoms. The number of benzene rings is 2. The van der Waals surface area contributed by atoms with E-state index in [1.54, 1.807) is 36.4 Å². The number of hydrogen-bond donors (Lipinski definition) is 1. The molecule has 0 aliphatic rings. The zero-order valence-electron chi connectivity index (χ0n) is 9.71. The van der Waals surface area contributed by atoms with Crippen LogP contribution in [-0.4, -0.2) is 5.78 Å². The van der Waals surface area contributed by atoms with Crippen LogP contribution in [0.2, 0.25) is 5.02 Å². The minimum atomic E-state index is -0.0677. The van der Waals surface area contributed by atoms with Crippen LogP contribution in [0.3, 0.4) is 0 Å². The number of nitrogen functional groups attached to an aromatic ring is 1. The molecular weight excluding hydrogens is 314 g/mol. The van der Waals surface area contributed by atoms with Crippen LogP contribution in [0.4, 0.5) is 5.69 Å². The van der Waals surface area contributed by atoms with Gasteiger partial charge < -0.3 is 5.73 Å². The minimum absolute atomic E-state index is 0.0677. The maximum Gasteiger partial charge on any atom is 0.194 e. The molecule has 4 heteroatoms. The normalized spacial score (nSPS) is 10.4. The summed E-state index contributed by atoms with van der Waals surface area (Å²) < 4.78 is 0.687. The van der Waals surface area contributed by atoms with Gasteiger partial charge in [0.2, 0.25) is 0 Å². The number of carbonyl (C=O) groups is 1. The van der Waals surface area contributed by atoms with Crippen molar-refractivity contribution >= 4 is 39.0 Å². The van der Waals surface area contributed by atoms with Gasteiger partial charge in [0, 0.05) is 26.3 Å². The van der Waals surface area contributed by atoms with E-state index in [-0.39, 0.29) is 5.78 Å². The van der Waals surface area contributed by atoms with Gasteiger partial charge in [0.05, 0.1) is 0 Å². The lowest BCUT2D eigenvalue weighted by Crippen LogP contribution is -2.05. The van der Waals surface area contributed by atoms with E-state index in [2.05, 4.69) is 15.9 Å². The van der Waals surface area contributed by atoms with Crippen LogP contribution in [0.5, 0.6) is 0 Å². The highest BCUT2D eigenvalue weighted by molar-refractivity contribution is 9.10. The van der Waals surface area contributed by atoms with Crippen LogP contribution in [0.15, 0.2) is 40.9 Å². The first-order chi connectivity index (χ1) is 8.50. The summed E-state index contributed by atoms with van der Waals surface area (Å²) >= 11 is 9.38. The Morgan fingerprint density at radius 3 is 2.61 bits per heavy atom. The molecule has 0 aliphatic carbocycles. The molecule has 0 unspecified atom stereocenters. The molecule has 0 amide bonds. The summed E-state index contributed by atoms with van der Waals surface area (Å²) in [5.41, 5.74) is 8.24. The maximum atomic E-state index is 12.4. The fraction of sp³-hybridized carbons (Fsp3) is 0.0714. The highest BCUT2D eigenvalue weighted by Gasteiger charge is 2.15. The van der Waals surface area contributed by atoms with Gasteiger partial charge in [-0.15, -0.1) is 0 Å². The van der Waals surface area contributed by atoms with Crippen molar-refractivity contribution < 1.29 is 4.79 Å². The molecule has 0 heterocycles. The molecule has 0 aromatic heterocycles. The van der Waals surface area contributed by atoms with E-state index in [0.29, 0.717) is 26.3 Å². The molecule has 0 radical (unpaired) electrons. The molecule has 0 aliphatic heterocycles. The molecule has 2 aromatic carbocycles. The number of ketones is 1. The van der Waals surface area contributed by atoms with Gasteiger partial charge in [0.15, 0.2) is 5.78 Å². The van der Waals surface area contributed by atoms with E-state index >= 15 is 0 Å². The second-order valence-corrected chi connectivity index (χ2v) is 5.24. The first-order valence-electron chi connectivity index (χ1n) is 5.35. The summed E-state index contributed by atoms with van der Waals surface area (Å²) in [6.07, 6.45) is 0. The highest BCUT2D eigenvalue weighted by atomic mass is 79.9. The van der Waals surface area contributed by atoms with Crippen LogP contribution < -0.4 is 5.73 Å². The van der Waals surface area contributed by atoms with E-state index < -0.39 is 0 Å². The second kappa shape index (κ2) is 5.12. The second-order valence-electron chi connectivity index (χ2n) is 3.98. The van der Waals surface area contributed by atoms with Crippen LogP contribution >= 0.6 is 27.5 Å². The predicted molar refractivity (Wildman–Crippen MR) is 78.2 cm³/mol. The summed E-state index contributed by atoms with van der Waals surface area (Å²) in [7, 11) is 0. The summed E-state index contributed by atoms with van der Waals surface area (Å²) in [4.78, 5) is 12.4. The van der Waals surface area contributed by atoms with E-state index in [1.165, 1.54) is 0 Å². The van der Waals surface area contributed by atoms with Crippen molar-refractivity contribution in [2.45, 2.75) is 6.92 Å². The van der Waals surface area contributed by atoms with Gasteiger partial charge in [-0.3, -0.25) is 4.79 Å². The Morgan fingerprint density at radius 1 is 1.22 bits per heavy atom. The Labute approximate surface area is 119 Å². The Kier molecular flexibility index (Phi) is 3.73.